The number of piperazine rings is 1. The average molecular weight is 352 g/mol. The fourth-order valence-corrected chi connectivity index (χ4v) is 2.75. The van der Waals surface area contributed by atoms with Gasteiger partial charge in [0.1, 0.15) is 12.0 Å². The Morgan fingerprint density at radius 2 is 1.72 bits per heavy atom. The van der Waals surface area contributed by atoms with Gasteiger partial charge in [-0.1, -0.05) is 6.07 Å². The molecule has 1 aliphatic rings. The van der Waals surface area contributed by atoms with E-state index in [1.165, 1.54) is 18.3 Å². The van der Waals surface area contributed by atoms with Crippen molar-refractivity contribution >= 4 is 17.2 Å². The van der Waals surface area contributed by atoms with E-state index in [-0.39, 0.29) is 5.69 Å². The topological polar surface area (TPSA) is 62.5 Å². The number of nitrogens with zero attached hydrogens (tertiary/aromatic N) is 4. The van der Waals surface area contributed by atoms with E-state index >= 15 is 0 Å². The van der Waals surface area contributed by atoms with E-state index in [4.69, 9.17) is 0 Å². The summed E-state index contributed by atoms with van der Waals surface area (Å²) in [6, 6.07) is 8.25. The van der Waals surface area contributed by atoms with Crippen LogP contribution in [0.2, 0.25) is 0 Å². The lowest BCUT2D eigenvalue weighted by molar-refractivity contribution is -0.385. The number of alkyl halides is 3. The molecule has 25 heavy (non-hydrogen) atoms. The van der Waals surface area contributed by atoms with Crippen LogP contribution in [0.4, 0.5) is 30.4 Å². The lowest BCUT2D eigenvalue weighted by atomic mass is 10.1. The predicted octanol–water partition coefficient (Wildman–Crippen LogP) is 3.34. The summed E-state index contributed by atoms with van der Waals surface area (Å²) in [5, 5.41) is 10.7. The van der Waals surface area contributed by atoms with Gasteiger partial charge in [-0.25, -0.2) is 4.98 Å². The molecule has 1 aromatic heterocycles. The van der Waals surface area contributed by atoms with Crippen LogP contribution in [0.15, 0.2) is 42.6 Å². The van der Waals surface area contributed by atoms with Gasteiger partial charge in [-0.05, 0) is 24.3 Å². The summed E-state index contributed by atoms with van der Waals surface area (Å²) < 4.78 is 38.5. The van der Waals surface area contributed by atoms with Gasteiger partial charge in [0.25, 0.3) is 5.69 Å². The van der Waals surface area contributed by atoms with Crippen LogP contribution in [0, 0.1) is 10.1 Å². The van der Waals surface area contributed by atoms with Crippen molar-refractivity contribution in [3.05, 3.63) is 58.3 Å². The molecule has 0 radical (unpaired) electrons. The largest absolute Gasteiger partial charge is 0.416 e. The van der Waals surface area contributed by atoms with Crippen LogP contribution in [0.3, 0.4) is 0 Å². The van der Waals surface area contributed by atoms with Gasteiger partial charge in [-0.2, -0.15) is 13.2 Å². The highest BCUT2D eigenvalue weighted by Crippen LogP contribution is 2.32. The van der Waals surface area contributed by atoms with Gasteiger partial charge in [-0.3, -0.25) is 10.1 Å². The predicted molar refractivity (Wildman–Crippen MR) is 86.8 cm³/mol. The number of rotatable bonds is 3. The van der Waals surface area contributed by atoms with Crippen molar-refractivity contribution in [2.45, 2.75) is 6.18 Å². The third kappa shape index (κ3) is 3.81. The van der Waals surface area contributed by atoms with Crippen molar-refractivity contribution < 1.29 is 18.1 Å². The summed E-state index contributed by atoms with van der Waals surface area (Å²) in [6.07, 6.45) is -3.16. The van der Waals surface area contributed by atoms with Crippen LogP contribution in [0.1, 0.15) is 5.56 Å². The van der Waals surface area contributed by atoms with Crippen molar-refractivity contribution in [3.63, 3.8) is 0 Å². The summed E-state index contributed by atoms with van der Waals surface area (Å²) in [7, 11) is 0. The molecule has 0 spiro atoms. The van der Waals surface area contributed by atoms with Crippen molar-refractivity contribution in [2.75, 3.05) is 36.0 Å². The SMILES string of the molecule is O=[N+]([O-])c1ccc(N2CCN(c3cccc(C(F)(F)F)c3)CC2)nc1. The minimum Gasteiger partial charge on any atom is -0.368 e. The molecule has 1 aromatic carbocycles. The van der Waals surface area contributed by atoms with Gasteiger partial charge in [-0.15, -0.1) is 0 Å². The number of anilines is 2. The highest BCUT2D eigenvalue weighted by atomic mass is 19.4. The molecule has 0 N–H and O–H groups in total. The molecule has 9 heteroatoms. The second-order valence-electron chi connectivity index (χ2n) is 5.65. The average Bonchev–Trinajstić information content (AvgIpc) is 2.61. The molecule has 2 heterocycles. The number of benzene rings is 1. The molecule has 1 saturated heterocycles. The molecular formula is C16H15F3N4O2. The summed E-state index contributed by atoms with van der Waals surface area (Å²) in [5.74, 6) is 0.620. The van der Waals surface area contributed by atoms with Crippen LogP contribution < -0.4 is 9.80 Å². The fourth-order valence-electron chi connectivity index (χ4n) is 2.75. The monoisotopic (exact) mass is 352 g/mol. The zero-order valence-electron chi connectivity index (χ0n) is 13.1. The maximum absolute atomic E-state index is 12.8. The molecule has 0 unspecified atom stereocenters. The third-order valence-corrected chi connectivity index (χ3v) is 4.09. The van der Waals surface area contributed by atoms with Crippen LogP contribution in [-0.4, -0.2) is 36.1 Å². The van der Waals surface area contributed by atoms with E-state index in [0.717, 1.165) is 12.1 Å². The first-order valence-corrected chi connectivity index (χ1v) is 7.62. The smallest absolute Gasteiger partial charge is 0.368 e. The van der Waals surface area contributed by atoms with E-state index in [9.17, 15) is 23.3 Å². The first-order chi connectivity index (χ1) is 11.8. The van der Waals surface area contributed by atoms with E-state index in [2.05, 4.69) is 4.98 Å². The maximum Gasteiger partial charge on any atom is 0.416 e. The number of pyridine rings is 1. The number of halogens is 3. The number of nitro groups is 1. The van der Waals surface area contributed by atoms with Gasteiger partial charge in [0.05, 0.1) is 10.5 Å². The molecule has 2 aromatic rings. The van der Waals surface area contributed by atoms with Gasteiger partial charge in [0.15, 0.2) is 0 Å². The Bertz CT molecular complexity index is 757. The van der Waals surface area contributed by atoms with Crippen LogP contribution in [0.5, 0.6) is 0 Å². The first-order valence-electron chi connectivity index (χ1n) is 7.62. The Hall–Kier alpha value is -2.84. The molecule has 3 rings (SSSR count). The highest BCUT2D eigenvalue weighted by molar-refractivity contribution is 5.52. The van der Waals surface area contributed by atoms with Gasteiger partial charge in [0.2, 0.25) is 0 Å². The second kappa shape index (κ2) is 6.58. The van der Waals surface area contributed by atoms with E-state index in [1.807, 2.05) is 9.80 Å². The maximum atomic E-state index is 12.8. The molecule has 6 nitrogen and oxygen atoms in total. The Balaban J connectivity index is 1.67. The molecule has 0 bridgehead atoms. The van der Waals surface area contributed by atoms with Gasteiger partial charge >= 0.3 is 6.18 Å². The molecule has 132 valence electrons. The zero-order chi connectivity index (χ0) is 18.0. The molecule has 0 atom stereocenters. The summed E-state index contributed by atoms with van der Waals surface area (Å²) in [5.41, 5.74) is -0.207. The number of aromatic nitrogens is 1. The van der Waals surface area contributed by atoms with Crippen molar-refractivity contribution in [1.29, 1.82) is 0 Å². The van der Waals surface area contributed by atoms with Crippen molar-refractivity contribution in [1.82, 2.24) is 4.98 Å². The van der Waals surface area contributed by atoms with E-state index in [0.29, 0.717) is 37.7 Å². The van der Waals surface area contributed by atoms with E-state index < -0.39 is 16.7 Å². The summed E-state index contributed by atoms with van der Waals surface area (Å²) >= 11 is 0. The quantitative estimate of drug-likeness (QED) is 0.626. The standard InChI is InChI=1S/C16H15F3N4O2/c17-16(18,19)12-2-1-3-13(10-12)21-6-8-22(9-7-21)15-5-4-14(11-20-15)23(24)25/h1-5,10-11H,6-9H2. The minimum atomic E-state index is -4.36. The molecule has 0 aliphatic carbocycles. The lowest BCUT2D eigenvalue weighted by Crippen LogP contribution is -2.46. The fraction of sp³-hybridized carbons (Fsp3) is 0.312. The summed E-state index contributed by atoms with van der Waals surface area (Å²) in [6.45, 7) is 2.22. The van der Waals surface area contributed by atoms with Crippen LogP contribution in [0.25, 0.3) is 0 Å². The van der Waals surface area contributed by atoms with Gasteiger partial charge in [0, 0.05) is 37.9 Å². The zero-order valence-corrected chi connectivity index (χ0v) is 13.1. The lowest BCUT2D eigenvalue weighted by Gasteiger charge is -2.36. The second-order valence-corrected chi connectivity index (χ2v) is 5.65. The van der Waals surface area contributed by atoms with Crippen molar-refractivity contribution in [2.24, 2.45) is 0 Å². The number of hydrogen-bond acceptors (Lipinski definition) is 5. The van der Waals surface area contributed by atoms with Crippen LogP contribution in [-0.2, 0) is 6.18 Å². The molecule has 1 aliphatic heterocycles. The highest BCUT2D eigenvalue weighted by Gasteiger charge is 2.31. The molecule has 0 saturated carbocycles. The number of hydrogen-bond donors (Lipinski definition) is 0. The Morgan fingerprint density at radius 1 is 1.04 bits per heavy atom. The van der Waals surface area contributed by atoms with Crippen molar-refractivity contribution in [3.8, 4) is 0 Å². The normalized spacial score (nSPS) is 15.3. The van der Waals surface area contributed by atoms with Gasteiger partial charge < -0.3 is 9.80 Å². The van der Waals surface area contributed by atoms with E-state index in [1.54, 1.807) is 12.1 Å². The first kappa shape index (κ1) is 17.0. The molecular weight excluding hydrogens is 337 g/mol. The Morgan fingerprint density at radius 3 is 2.28 bits per heavy atom. The third-order valence-electron chi connectivity index (χ3n) is 4.09. The molecule has 1 fully saturated rings. The summed E-state index contributed by atoms with van der Waals surface area (Å²) in [4.78, 5) is 18.1. The minimum absolute atomic E-state index is 0.0775. The Kier molecular flexibility index (Phi) is 4.47. The Labute approximate surface area is 141 Å². The molecule has 0 amide bonds. The van der Waals surface area contributed by atoms with Crippen LogP contribution >= 0.6 is 0 Å².